The third-order valence-corrected chi connectivity index (χ3v) is 5.64. The number of aryl methyl sites for hydroxylation is 1. The Morgan fingerprint density at radius 1 is 1.24 bits per heavy atom. The topological polar surface area (TPSA) is 102 Å². The number of benzene rings is 1. The van der Waals surface area contributed by atoms with E-state index in [4.69, 9.17) is 4.74 Å². The molecule has 0 aliphatic heterocycles. The zero-order valence-corrected chi connectivity index (χ0v) is 17.3. The van der Waals surface area contributed by atoms with E-state index in [1.54, 1.807) is 0 Å². The Bertz CT molecular complexity index is 876. The van der Waals surface area contributed by atoms with Crippen molar-refractivity contribution in [3.8, 4) is 0 Å². The molecule has 0 spiro atoms. The van der Waals surface area contributed by atoms with Gasteiger partial charge in [-0.3, -0.25) is 14.9 Å². The molecule has 0 bridgehead atoms. The Morgan fingerprint density at radius 2 is 2.00 bits per heavy atom. The molecule has 1 fully saturated rings. The number of esters is 1. The van der Waals surface area contributed by atoms with Crippen molar-refractivity contribution in [2.75, 3.05) is 12.4 Å². The molecule has 0 saturated heterocycles. The first-order chi connectivity index (χ1) is 14.1. The Labute approximate surface area is 173 Å². The average Bonchev–Trinajstić information content (AvgIpc) is 3.33. The van der Waals surface area contributed by atoms with Gasteiger partial charge in [0, 0.05) is 12.6 Å². The predicted octanol–water partition coefficient (Wildman–Crippen LogP) is 2.85. The minimum Gasteiger partial charge on any atom is -0.455 e. The number of amides is 3. The molecule has 0 unspecified atom stereocenters. The van der Waals surface area contributed by atoms with E-state index in [1.165, 1.54) is 11.8 Å². The van der Waals surface area contributed by atoms with Gasteiger partial charge >= 0.3 is 12.0 Å². The number of nitrogens with one attached hydrogen (secondary N) is 2. The van der Waals surface area contributed by atoms with E-state index < -0.39 is 24.5 Å². The monoisotopic (exact) mass is 418 g/mol. The molecule has 0 atom stereocenters. The summed E-state index contributed by atoms with van der Waals surface area (Å²) in [6.45, 7) is 2.40. The third-order valence-electron chi connectivity index (χ3n) is 4.69. The van der Waals surface area contributed by atoms with Crippen molar-refractivity contribution in [3.63, 3.8) is 0 Å². The highest BCUT2D eigenvalue weighted by Gasteiger charge is 2.19. The summed E-state index contributed by atoms with van der Waals surface area (Å²) in [7, 11) is 0. The highest BCUT2D eigenvalue weighted by atomic mass is 32.2. The number of nitrogens with zero attached hydrogens (tertiary/aromatic N) is 2. The molecular formula is C20H26N4O4S. The number of para-hydroxylation sites is 2. The van der Waals surface area contributed by atoms with E-state index in [1.807, 2.05) is 24.3 Å². The maximum absolute atomic E-state index is 12.0. The highest BCUT2D eigenvalue weighted by molar-refractivity contribution is 7.99. The first-order valence-corrected chi connectivity index (χ1v) is 10.9. The summed E-state index contributed by atoms with van der Waals surface area (Å²) in [5.74, 6) is -1.14. The number of fused-ring (bicyclic) bond motifs is 1. The molecule has 0 radical (unpaired) electrons. The molecule has 8 nitrogen and oxygen atoms in total. The summed E-state index contributed by atoms with van der Waals surface area (Å²) in [5.41, 5.74) is 1.90. The lowest BCUT2D eigenvalue weighted by molar-refractivity contribution is -0.145. The molecule has 2 N–H and O–H groups in total. The Hall–Kier alpha value is -2.55. The van der Waals surface area contributed by atoms with Crippen LogP contribution in [0.5, 0.6) is 0 Å². The van der Waals surface area contributed by atoms with Crippen molar-refractivity contribution >= 4 is 40.7 Å². The smallest absolute Gasteiger partial charge is 0.321 e. The number of rotatable bonds is 8. The zero-order valence-electron chi connectivity index (χ0n) is 16.5. The summed E-state index contributed by atoms with van der Waals surface area (Å²) in [4.78, 5) is 40.1. The van der Waals surface area contributed by atoms with Gasteiger partial charge in [-0.15, -0.1) is 0 Å². The second-order valence-corrected chi connectivity index (χ2v) is 7.93. The van der Waals surface area contributed by atoms with Gasteiger partial charge in [-0.25, -0.2) is 9.78 Å². The lowest BCUT2D eigenvalue weighted by Crippen LogP contribution is -2.45. The lowest BCUT2D eigenvalue weighted by atomic mass is 10.2. The number of ether oxygens (including phenoxy) is 1. The van der Waals surface area contributed by atoms with E-state index in [2.05, 4.69) is 27.1 Å². The molecule has 156 valence electrons. The van der Waals surface area contributed by atoms with Crippen LogP contribution in [0.4, 0.5) is 4.79 Å². The maximum atomic E-state index is 12.0. The van der Waals surface area contributed by atoms with Crippen molar-refractivity contribution < 1.29 is 19.1 Å². The third kappa shape index (κ3) is 5.96. The summed E-state index contributed by atoms with van der Waals surface area (Å²) < 4.78 is 7.06. The molecule has 1 aliphatic rings. The van der Waals surface area contributed by atoms with Gasteiger partial charge in [0.25, 0.3) is 5.91 Å². The average molecular weight is 419 g/mol. The molecule has 1 heterocycles. The number of imidazole rings is 1. The largest absolute Gasteiger partial charge is 0.455 e. The molecule has 3 rings (SSSR count). The van der Waals surface area contributed by atoms with Gasteiger partial charge in [0.15, 0.2) is 11.8 Å². The van der Waals surface area contributed by atoms with Crippen LogP contribution < -0.4 is 10.6 Å². The van der Waals surface area contributed by atoms with Gasteiger partial charge in [-0.1, -0.05) is 43.7 Å². The van der Waals surface area contributed by atoms with Crippen LogP contribution in [0.1, 0.15) is 39.0 Å². The Balaban J connectivity index is 1.44. The van der Waals surface area contributed by atoms with Crippen LogP contribution in [0, 0.1) is 0 Å². The second kappa shape index (κ2) is 10.3. The molecule has 3 amide bonds. The number of hydrogen-bond donors (Lipinski definition) is 2. The number of carbonyl (C=O) groups is 3. The van der Waals surface area contributed by atoms with Crippen molar-refractivity contribution in [2.45, 2.75) is 56.8 Å². The maximum Gasteiger partial charge on any atom is 0.321 e. The van der Waals surface area contributed by atoms with Gasteiger partial charge < -0.3 is 14.6 Å². The van der Waals surface area contributed by atoms with E-state index >= 15 is 0 Å². The van der Waals surface area contributed by atoms with Crippen LogP contribution in [0.3, 0.4) is 0 Å². The molecular weight excluding hydrogens is 392 g/mol. The van der Waals surface area contributed by atoms with Gasteiger partial charge in [-0.2, -0.15) is 0 Å². The number of aromatic nitrogens is 2. The summed E-state index contributed by atoms with van der Waals surface area (Å²) in [6.07, 6.45) is 4.97. The lowest BCUT2D eigenvalue weighted by Gasteiger charge is -2.12. The van der Waals surface area contributed by atoms with E-state index in [9.17, 15) is 14.4 Å². The van der Waals surface area contributed by atoms with Crippen molar-refractivity contribution in [3.05, 3.63) is 24.3 Å². The molecule has 1 aromatic carbocycles. The van der Waals surface area contributed by atoms with Crippen LogP contribution in [-0.4, -0.2) is 45.9 Å². The first-order valence-electron chi connectivity index (χ1n) is 9.91. The molecule has 1 saturated carbocycles. The van der Waals surface area contributed by atoms with Gasteiger partial charge in [0.05, 0.1) is 16.8 Å². The van der Waals surface area contributed by atoms with Crippen LogP contribution >= 0.6 is 11.8 Å². The fourth-order valence-electron chi connectivity index (χ4n) is 3.37. The number of carbonyl (C=O) groups excluding carboxylic acids is 3. The summed E-state index contributed by atoms with van der Waals surface area (Å²) in [5, 5.41) is 5.68. The zero-order chi connectivity index (χ0) is 20.6. The quantitative estimate of drug-likeness (QED) is 0.505. The number of imide groups is 1. The molecule has 1 aliphatic carbocycles. The number of hydrogen-bond acceptors (Lipinski definition) is 6. The SMILES string of the molecule is CCCn1c(SCC(=O)OCC(=O)NC(=O)NC2CCCC2)nc2ccccc21. The Morgan fingerprint density at radius 3 is 2.76 bits per heavy atom. The molecule has 9 heteroatoms. The molecule has 1 aromatic heterocycles. The van der Waals surface area contributed by atoms with Gasteiger partial charge in [-0.05, 0) is 31.4 Å². The van der Waals surface area contributed by atoms with E-state index in [0.717, 1.165) is 54.8 Å². The van der Waals surface area contributed by atoms with Gasteiger partial charge in [0.1, 0.15) is 0 Å². The number of thioether (sulfide) groups is 1. The number of urea groups is 1. The minimum absolute atomic E-state index is 0.0363. The second-order valence-electron chi connectivity index (χ2n) is 6.99. The van der Waals surface area contributed by atoms with Crippen LogP contribution in [0.2, 0.25) is 0 Å². The Kier molecular flexibility index (Phi) is 7.51. The molecule has 2 aromatic rings. The van der Waals surface area contributed by atoms with Gasteiger partial charge in [0.2, 0.25) is 0 Å². The van der Waals surface area contributed by atoms with Crippen LogP contribution in [-0.2, 0) is 20.9 Å². The van der Waals surface area contributed by atoms with Crippen molar-refractivity contribution in [1.82, 2.24) is 20.2 Å². The fraction of sp³-hybridized carbons (Fsp3) is 0.500. The summed E-state index contributed by atoms with van der Waals surface area (Å²) in [6, 6.07) is 7.40. The summed E-state index contributed by atoms with van der Waals surface area (Å²) >= 11 is 1.27. The minimum atomic E-state index is -0.642. The normalized spacial score (nSPS) is 14.1. The van der Waals surface area contributed by atoms with Crippen LogP contribution in [0.15, 0.2) is 29.4 Å². The standard InChI is InChI=1S/C20H26N4O4S/c1-2-11-24-16-10-6-5-9-15(16)22-20(24)29-13-18(26)28-12-17(25)23-19(27)21-14-7-3-4-8-14/h5-6,9-10,14H,2-4,7-8,11-13H2,1H3,(H2,21,23,25,27). The van der Waals surface area contributed by atoms with Crippen molar-refractivity contribution in [1.29, 1.82) is 0 Å². The molecule has 29 heavy (non-hydrogen) atoms. The van der Waals surface area contributed by atoms with E-state index in [0.29, 0.717) is 0 Å². The van der Waals surface area contributed by atoms with Crippen molar-refractivity contribution in [2.24, 2.45) is 0 Å². The predicted molar refractivity (Wildman–Crippen MR) is 111 cm³/mol. The van der Waals surface area contributed by atoms with Crippen LogP contribution in [0.25, 0.3) is 11.0 Å². The van der Waals surface area contributed by atoms with E-state index in [-0.39, 0.29) is 11.8 Å². The first kappa shape index (κ1) is 21.2. The fourth-order valence-corrected chi connectivity index (χ4v) is 4.21. The highest BCUT2D eigenvalue weighted by Crippen LogP contribution is 2.24.